The van der Waals surface area contributed by atoms with Crippen molar-refractivity contribution < 1.29 is 9.53 Å². The van der Waals surface area contributed by atoms with Crippen LogP contribution in [0, 0.1) is 5.92 Å². The Kier molecular flexibility index (Phi) is 3.90. The summed E-state index contributed by atoms with van der Waals surface area (Å²) in [6.45, 7) is 0.794. The maximum absolute atomic E-state index is 11.5. The summed E-state index contributed by atoms with van der Waals surface area (Å²) in [6.07, 6.45) is 4.95. The molecule has 2 rings (SSSR count). The van der Waals surface area contributed by atoms with Crippen LogP contribution in [0.3, 0.4) is 0 Å². The average molecular weight is 240 g/mol. The molecule has 88 valence electrons. The summed E-state index contributed by atoms with van der Waals surface area (Å²) in [4.78, 5) is 16.7. The highest BCUT2D eigenvalue weighted by Crippen LogP contribution is 2.27. The molecular formula is C11H16N2O2S. The Morgan fingerprint density at radius 2 is 2.56 bits per heavy atom. The van der Waals surface area contributed by atoms with E-state index in [0.717, 1.165) is 25.8 Å². The molecule has 4 nitrogen and oxygen atoms in total. The van der Waals surface area contributed by atoms with Gasteiger partial charge in [-0.25, -0.2) is 0 Å². The van der Waals surface area contributed by atoms with Gasteiger partial charge in [0.05, 0.1) is 18.5 Å². The van der Waals surface area contributed by atoms with Crippen molar-refractivity contribution in [2.75, 3.05) is 7.11 Å². The lowest BCUT2D eigenvalue weighted by atomic mass is 10.0. The SMILES string of the molecule is COC(=O)[C@@H]1CCC[C@@H]1NCc1cncs1. The van der Waals surface area contributed by atoms with Crippen LogP contribution in [-0.4, -0.2) is 24.1 Å². The summed E-state index contributed by atoms with van der Waals surface area (Å²) < 4.78 is 4.81. The number of ether oxygens (including phenoxy) is 1. The molecule has 0 bridgehead atoms. The molecular weight excluding hydrogens is 224 g/mol. The number of rotatable bonds is 4. The molecule has 0 amide bonds. The van der Waals surface area contributed by atoms with Gasteiger partial charge in [-0.3, -0.25) is 9.78 Å². The summed E-state index contributed by atoms with van der Waals surface area (Å²) in [5.74, 6) is -0.0581. The fraction of sp³-hybridized carbons (Fsp3) is 0.636. The van der Waals surface area contributed by atoms with Crippen molar-refractivity contribution >= 4 is 17.3 Å². The molecule has 0 aromatic carbocycles. The first-order valence-corrected chi connectivity index (χ1v) is 6.38. The smallest absolute Gasteiger partial charge is 0.310 e. The normalized spacial score (nSPS) is 24.6. The predicted octanol–water partition coefficient (Wildman–Crippen LogP) is 1.57. The molecule has 0 spiro atoms. The maximum Gasteiger partial charge on any atom is 0.310 e. The van der Waals surface area contributed by atoms with Gasteiger partial charge in [0.25, 0.3) is 0 Å². The van der Waals surface area contributed by atoms with E-state index in [9.17, 15) is 4.79 Å². The lowest BCUT2D eigenvalue weighted by Crippen LogP contribution is -2.36. The summed E-state index contributed by atoms with van der Waals surface area (Å²) in [5.41, 5.74) is 1.82. The van der Waals surface area contributed by atoms with Crippen molar-refractivity contribution in [2.24, 2.45) is 5.92 Å². The summed E-state index contributed by atoms with van der Waals surface area (Å²) in [5, 5.41) is 3.42. The van der Waals surface area contributed by atoms with E-state index in [4.69, 9.17) is 4.74 Å². The Labute approximate surface area is 99.0 Å². The van der Waals surface area contributed by atoms with Crippen LogP contribution in [0.15, 0.2) is 11.7 Å². The van der Waals surface area contributed by atoms with Crippen LogP contribution in [-0.2, 0) is 16.1 Å². The van der Waals surface area contributed by atoms with E-state index < -0.39 is 0 Å². The van der Waals surface area contributed by atoms with Crippen molar-refractivity contribution in [2.45, 2.75) is 31.8 Å². The lowest BCUT2D eigenvalue weighted by Gasteiger charge is -2.18. The van der Waals surface area contributed by atoms with Crippen molar-refractivity contribution in [3.63, 3.8) is 0 Å². The predicted molar refractivity (Wildman–Crippen MR) is 62.1 cm³/mol. The molecule has 16 heavy (non-hydrogen) atoms. The van der Waals surface area contributed by atoms with Gasteiger partial charge >= 0.3 is 5.97 Å². The maximum atomic E-state index is 11.5. The van der Waals surface area contributed by atoms with Crippen molar-refractivity contribution in [1.82, 2.24) is 10.3 Å². The van der Waals surface area contributed by atoms with E-state index >= 15 is 0 Å². The zero-order valence-corrected chi connectivity index (χ0v) is 10.1. The molecule has 1 aliphatic carbocycles. The van der Waals surface area contributed by atoms with E-state index in [2.05, 4.69) is 10.3 Å². The fourth-order valence-corrected chi connectivity index (χ4v) is 2.74. The van der Waals surface area contributed by atoms with E-state index in [-0.39, 0.29) is 17.9 Å². The number of nitrogens with zero attached hydrogens (tertiary/aromatic N) is 1. The summed E-state index contributed by atoms with van der Waals surface area (Å²) in [6, 6.07) is 0.259. The largest absolute Gasteiger partial charge is 0.469 e. The van der Waals surface area contributed by atoms with Crippen LogP contribution in [0.5, 0.6) is 0 Å². The molecule has 1 fully saturated rings. The molecule has 1 saturated carbocycles. The number of esters is 1. The quantitative estimate of drug-likeness (QED) is 0.812. The van der Waals surface area contributed by atoms with E-state index in [1.165, 1.54) is 12.0 Å². The molecule has 1 aromatic heterocycles. The molecule has 0 aliphatic heterocycles. The van der Waals surface area contributed by atoms with Gasteiger partial charge < -0.3 is 10.1 Å². The second-order valence-electron chi connectivity index (χ2n) is 4.02. The van der Waals surface area contributed by atoms with Gasteiger partial charge in [-0.1, -0.05) is 6.42 Å². The highest BCUT2D eigenvalue weighted by Gasteiger charge is 2.33. The Hall–Kier alpha value is -0.940. The third kappa shape index (κ3) is 2.59. The number of nitrogens with one attached hydrogen (secondary N) is 1. The van der Waals surface area contributed by atoms with E-state index in [1.54, 1.807) is 11.3 Å². The molecule has 0 radical (unpaired) electrons. The average Bonchev–Trinajstić information content (AvgIpc) is 2.96. The monoisotopic (exact) mass is 240 g/mol. The second kappa shape index (κ2) is 5.41. The van der Waals surface area contributed by atoms with Gasteiger partial charge in [-0.2, -0.15) is 0 Å². The molecule has 2 atom stereocenters. The zero-order valence-electron chi connectivity index (χ0n) is 9.31. The zero-order chi connectivity index (χ0) is 11.4. The molecule has 1 N–H and O–H groups in total. The van der Waals surface area contributed by atoms with Gasteiger partial charge in [0, 0.05) is 23.7 Å². The number of hydrogen-bond donors (Lipinski definition) is 1. The first kappa shape index (κ1) is 11.5. The van der Waals surface area contributed by atoms with Gasteiger partial charge in [0.2, 0.25) is 0 Å². The highest BCUT2D eigenvalue weighted by molar-refractivity contribution is 7.09. The van der Waals surface area contributed by atoms with Crippen LogP contribution >= 0.6 is 11.3 Å². The van der Waals surface area contributed by atoms with Crippen molar-refractivity contribution in [3.05, 3.63) is 16.6 Å². The minimum absolute atomic E-state index is 0.0259. The van der Waals surface area contributed by atoms with Crippen LogP contribution < -0.4 is 5.32 Å². The van der Waals surface area contributed by atoms with E-state index in [0.29, 0.717) is 0 Å². The van der Waals surface area contributed by atoms with Crippen molar-refractivity contribution in [3.8, 4) is 0 Å². The standard InChI is InChI=1S/C11H16N2O2S/c1-15-11(14)9-3-2-4-10(9)13-6-8-5-12-7-16-8/h5,7,9-10,13H,2-4,6H2,1H3/t9-,10+/m1/s1. The Morgan fingerprint density at radius 1 is 1.69 bits per heavy atom. The highest BCUT2D eigenvalue weighted by atomic mass is 32.1. The number of carbonyl (C=O) groups excluding carboxylic acids is 1. The minimum atomic E-state index is -0.0840. The molecule has 0 unspecified atom stereocenters. The topological polar surface area (TPSA) is 51.2 Å². The molecule has 1 heterocycles. The Balaban J connectivity index is 1.86. The Bertz CT molecular complexity index is 340. The third-order valence-electron chi connectivity index (χ3n) is 3.04. The van der Waals surface area contributed by atoms with Crippen LogP contribution in [0.1, 0.15) is 24.1 Å². The van der Waals surface area contributed by atoms with Gasteiger partial charge in [-0.05, 0) is 12.8 Å². The van der Waals surface area contributed by atoms with Crippen LogP contribution in [0.25, 0.3) is 0 Å². The lowest BCUT2D eigenvalue weighted by molar-refractivity contribution is -0.145. The first-order valence-electron chi connectivity index (χ1n) is 5.50. The van der Waals surface area contributed by atoms with Gasteiger partial charge in [0.1, 0.15) is 0 Å². The third-order valence-corrected chi connectivity index (χ3v) is 3.82. The number of thiazole rings is 1. The second-order valence-corrected chi connectivity index (χ2v) is 4.99. The number of hydrogen-bond acceptors (Lipinski definition) is 5. The molecule has 5 heteroatoms. The van der Waals surface area contributed by atoms with Gasteiger partial charge in [0.15, 0.2) is 0 Å². The van der Waals surface area contributed by atoms with E-state index in [1.807, 2.05) is 11.7 Å². The van der Waals surface area contributed by atoms with Gasteiger partial charge in [-0.15, -0.1) is 11.3 Å². The van der Waals surface area contributed by atoms with Crippen LogP contribution in [0.4, 0.5) is 0 Å². The molecule has 1 aromatic rings. The number of aromatic nitrogens is 1. The number of methoxy groups -OCH3 is 1. The fourth-order valence-electron chi connectivity index (χ4n) is 2.20. The minimum Gasteiger partial charge on any atom is -0.469 e. The Morgan fingerprint density at radius 3 is 3.25 bits per heavy atom. The number of carbonyl (C=O) groups is 1. The summed E-state index contributed by atoms with van der Waals surface area (Å²) >= 11 is 1.63. The molecule has 0 saturated heterocycles. The van der Waals surface area contributed by atoms with Crippen molar-refractivity contribution in [1.29, 1.82) is 0 Å². The first-order chi connectivity index (χ1) is 7.81. The summed E-state index contributed by atoms with van der Waals surface area (Å²) in [7, 11) is 1.46. The molecule has 1 aliphatic rings. The van der Waals surface area contributed by atoms with Crippen LogP contribution in [0.2, 0.25) is 0 Å².